The van der Waals surface area contributed by atoms with Crippen LogP contribution in [0.5, 0.6) is 0 Å². The smallest absolute Gasteiger partial charge is 0.337 e. The SMILES string of the molecule is COC(=O)c1ccc(C(=O)Nc2cccnc2-n2cccn2)cc1. The van der Waals surface area contributed by atoms with E-state index in [9.17, 15) is 9.59 Å². The molecular formula is C17H14N4O3. The van der Waals surface area contributed by atoms with Crippen LogP contribution in [0, 0.1) is 0 Å². The Hall–Kier alpha value is -3.48. The molecule has 0 radical (unpaired) electrons. The number of anilines is 1. The van der Waals surface area contributed by atoms with Gasteiger partial charge in [0.25, 0.3) is 5.91 Å². The number of carbonyl (C=O) groups is 2. The number of nitrogens with one attached hydrogen (secondary N) is 1. The predicted molar refractivity (Wildman–Crippen MR) is 87.1 cm³/mol. The van der Waals surface area contributed by atoms with Crippen LogP contribution in [-0.4, -0.2) is 33.8 Å². The number of benzene rings is 1. The van der Waals surface area contributed by atoms with Gasteiger partial charge in [-0.25, -0.2) is 14.5 Å². The normalized spacial score (nSPS) is 10.2. The van der Waals surface area contributed by atoms with E-state index < -0.39 is 5.97 Å². The molecule has 0 unspecified atom stereocenters. The first-order chi connectivity index (χ1) is 11.7. The topological polar surface area (TPSA) is 86.1 Å². The van der Waals surface area contributed by atoms with Crippen LogP contribution in [0.3, 0.4) is 0 Å². The van der Waals surface area contributed by atoms with Gasteiger partial charge in [-0.05, 0) is 42.5 Å². The Morgan fingerprint density at radius 1 is 1.04 bits per heavy atom. The van der Waals surface area contributed by atoms with Crippen LogP contribution in [0.15, 0.2) is 61.1 Å². The molecule has 0 aliphatic rings. The number of hydrogen-bond donors (Lipinski definition) is 1. The van der Waals surface area contributed by atoms with Crippen molar-refractivity contribution in [3.63, 3.8) is 0 Å². The molecule has 0 atom stereocenters. The maximum atomic E-state index is 12.4. The highest BCUT2D eigenvalue weighted by Crippen LogP contribution is 2.17. The maximum absolute atomic E-state index is 12.4. The van der Waals surface area contributed by atoms with E-state index in [1.807, 2.05) is 0 Å². The van der Waals surface area contributed by atoms with Crippen LogP contribution in [0.1, 0.15) is 20.7 Å². The molecule has 2 aromatic heterocycles. The van der Waals surface area contributed by atoms with E-state index in [2.05, 4.69) is 20.1 Å². The van der Waals surface area contributed by atoms with E-state index in [4.69, 9.17) is 0 Å². The molecule has 7 heteroatoms. The summed E-state index contributed by atoms with van der Waals surface area (Å²) < 4.78 is 6.20. The maximum Gasteiger partial charge on any atom is 0.337 e. The molecule has 120 valence electrons. The molecule has 1 aromatic carbocycles. The third kappa shape index (κ3) is 3.14. The summed E-state index contributed by atoms with van der Waals surface area (Å²) in [7, 11) is 1.31. The number of esters is 1. The third-order valence-corrected chi connectivity index (χ3v) is 3.32. The second-order valence-electron chi connectivity index (χ2n) is 4.85. The van der Waals surface area contributed by atoms with Gasteiger partial charge in [0.15, 0.2) is 5.82 Å². The fraction of sp³-hybridized carbons (Fsp3) is 0.0588. The number of ether oxygens (including phenoxy) is 1. The van der Waals surface area contributed by atoms with Gasteiger partial charge in [-0.15, -0.1) is 0 Å². The first kappa shape index (κ1) is 15.4. The number of carbonyl (C=O) groups excluding carboxylic acids is 2. The molecule has 24 heavy (non-hydrogen) atoms. The van der Waals surface area contributed by atoms with Crippen molar-refractivity contribution in [2.24, 2.45) is 0 Å². The predicted octanol–water partition coefficient (Wildman–Crippen LogP) is 2.31. The lowest BCUT2D eigenvalue weighted by Gasteiger charge is -2.10. The summed E-state index contributed by atoms with van der Waals surface area (Å²) in [5.74, 6) is -0.245. The standard InChI is InChI=1S/C17H14N4O3/c1-24-17(23)13-7-5-12(6-8-13)16(22)20-14-4-2-9-18-15(14)21-11-3-10-19-21/h2-11H,1H3,(H,20,22). The Labute approximate surface area is 137 Å². The molecular weight excluding hydrogens is 308 g/mol. The molecule has 0 aliphatic carbocycles. The van der Waals surface area contributed by atoms with Crippen LogP contribution in [0.4, 0.5) is 5.69 Å². The van der Waals surface area contributed by atoms with E-state index in [0.29, 0.717) is 22.6 Å². The summed E-state index contributed by atoms with van der Waals surface area (Å²) in [6.45, 7) is 0. The second kappa shape index (κ2) is 6.74. The molecule has 2 heterocycles. The number of hydrogen-bond acceptors (Lipinski definition) is 5. The van der Waals surface area contributed by atoms with Crippen molar-refractivity contribution in [2.45, 2.75) is 0 Å². The molecule has 3 aromatic rings. The fourth-order valence-corrected chi connectivity index (χ4v) is 2.14. The largest absolute Gasteiger partial charge is 0.465 e. The molecule has 7 nitrogen and oxygen atoms in total. The minimum atomic E-state index is -0.449. The fourth-order valence-electron chi connectivity index (χ4n) is 2.14. The highest BCUT2D eigenvalue weighted by Gasteiger charge is 2.12. The van der Waals surface area contributed by atoms with Gasteiger partial charge in [0.05, 0.1) is 18.4 Å². The zero-order chi connectivity index (χ0) is 16.9. The van der Waals surface area contributed by atoms with Crippen molar-refractivity contribution in [2.75, 3.05) is 12.4 Å². The molecule has 0 aliphatic heterocycles. The van der Waals surface area contributed by atoms with Crippen LogP contribution in [0.2, 0.25) is 0 Å². The highest BCUT2D eigenvalue weighted by molar-refractivity contribution is 6.05. The van der Waals surface area contributed by atoms with Gasteiger partial charge in [-0.2, -0.15) is 5.10 Å². The first-order valence-corrected chi connectivity index (χ1v) is 7.14. The molecule has 0 saturated heterocycles. The van der Waals surface area contributed by atoms with Crippen molar-refractivity contribution in [1.29, 1.82) is 0 Å². The number of nitrogens with zero attached hydrogens (tertiary/aromatic N) is 3. The molecule has 0 bridgehead atoms. The zero-order valence-corrected chi connectivity index (χ0v) is 12.8. The molecule has 1 amide bonds. The minimum absolute atomic E-state index is 0.312. The van der Waals surface area contributed by atoms with Crippen LogP contribution in [-0.2, 0) is 4.74 Å². The summed E-state index contributed by atoms with van der Waals surface area (Å²) in [5, 5.41) is 6.92. The van der Waals surface area contributed by atoms with Gasteiger partial charge in [0.1, 0.15) is 0 Å². The zero-order valence-electron chi connectivity index (χ0n) is 12.8. The Balaban J connectivity index is 1.82. The van der Waals surface area contributed by atoms with E-state index >= 15 is 0 Å². The average molecular weight is 322 g/mol. The summed E-state index contributed by atoms with van der Waals surface area (Å²) in [6.07, 6.45) is 4.99. The lowest BCUT2D eigenvalue weighted by atomic mass is 10.1. The molecule has 3 rings (SSSR count). The van der Waals surface area contributed by atoms with Gasteiger partial charge in [0, 0.05) is 24.2 Å². The number of aromatic nitrogens is 3. The minimum Gasteiger partial charge on any atom is -0.465 e. The van der Waals surface area contributed by atoms with Gasteiger partial charge < -0.3 is 10.1 Å². The summed E-state index contributed by atoms with van der Waals surface area (Å²) in [5.41, 5.74) is 1.33. The number of pyridine rings is 1. The Morgan fingerprint density at radius 2 is 1.79 bits per heavy atom. The summed E-state index contributed by atoms with van der Waals surface area (Å²) in [6, 6.07) is 11.4. The van der Waals surface area contributed by atoms with Gasteiger partial charge in [-0.3, -0.25) is 4.79 Å². The summed E-state index contributed by atoms with van der Waals surface area (Å²) in [4.78, 5) is 28.1. The molecule has 0 fully saturated rings. The van der Waals surface area contributed by atoms with Crippen molar-refractivity contribution < 1.29 is 14.3 Å². The van der Waals surface area contributed by atoms with Crippen molar-refractivity contribution in [3.05, 3.63) is 72.2 Å². The Kier molecular flexibility index (Phi) is 4.33. The van der Waals surface area contributed by atoms with E-state index in [0.717, 1.165) is 0 Å². The van der Waals surface area contributed by atoms with Crippen molar-refractivity contribution in [3.8, 4) is 5.82 Å². The second-order valence-corrected chi connectivity index (χ2v) is 4.85. The molecule has 0 spiro atoms. The van der Waals surface area contributed by atoms with Crippen molar-refractivity contribution in [1.82, 2.24) is 14.8 Å². The average Bonchev–Trinajstić information content (AvgIpc) is 3.16. The molecule has 0 saturated carbocycles. The lowest BCUT2D eigenvalue weighted by molar-refractivity contribution is 0.0600. The third-order valence-electron chi connectivity index (χ3n) is 3.32. The van der Waals surface area contributed by atoms with Crippen LogP contribution in [0.25, 0.3) is 5.82 Å². The van der Waals surface area contributed by atoms with E-state index in [-0.39, 0.29) is 5.91 Å². The van der Waals surface area contributed by atoms with Gasteiger partial charge >= 0.3 is 5.97 Å². The van der Waals surface area contributed by atoms with Gasteiger partial charge in [0.2, 0.25) is 0 Å². The van der Waals surface area contributed by atoms with Crippen molar-refractivity contribution >= 4 is 17.6 Å². The highest BCUT2D eigenvalue weighted by atomic mass is 16.5. The Bertz CT molecular complexity index is 858. The van der Waals surface area contributed by atoms with Crippen LogP contribution >= 0.6 is 0 Å². The number of rotatable bonds is 4. The quantitative estimate of drug-likeness (QED) is 0.745. The number of amides is 1. The lowest BCUT2D eigenvalue weighted by Crippen LogP contribution is -2.15. The first-order valence-electron chi connectivity index (χ1n) is 7.14. The van der Waals surface area contributed by atoms with E-state index in [1.54, 1.807) is 65.7 Å². The molecule has 1 N–H and O–H groups in total. The number of methoxy groups -OCH3 is 1. The monoisotopic (exact) mass is 322 g/mol. The van der Waals surface area contributed by atoms with Crippen LogP contribution < -0.4 is 5.32 Å². The Morgan fingerprint density at radius 3 is 2.46 bits per heavy atom. The van der Waals surface area contributed by atoms with E-state index in [1.165, 1.54) is 7.11 Å². The van der Waals surface area contributed by atoms with Gasteiger partial charge in [-0.1, -0.05) is 0 Å². The summed E-state index contributed by atoms with van der Waals surface area (Å²) >= 11 is 0.